The summed E-state index contributed by atoms with van der Waals surface area (Å²) in [6, 6.07) is 19.0. The van der Waals surface area contributed by atoms with Crippen LogP contribution in [0.4, 0.5) is 0 Å². The van der Waals surface area contributed by atoms with Crippen molar-refractivity contribution in [2.24, 2.45) is 0 Å². The molecule has 0 spiro atoms. The highest BCUT2D eigenvalue weighted by molar-refractivity contribution is 6.51. The van der Waals surface area contributed by atoms with Crippen molar-refractivity contribution in [1.29, 1.82) is 0 Å². The number of nitrogens with zero attached hydrogens (tertiary/aromatic N) is 3. The Morgan fingerprint density at radius 2 is 1.59 bits per heavy atom. The van der Waals surface area contributed by atoms with E-state index < -0.39 is 16.4 Å². The van der Waals surface area contributed by atoms with E-state index in [1.807, 2.05) is 60.7 Å². The van der Waals surface area contributed by atoms with Crippen molar-refractivity contribution in [2.45, 2.75) is 16.4 Å². The SMILES string of the molecule is O=C(NC(n1cncn1)C(Cl)(Cl)CCl)C(c1ccccc1)c1ccccc1. The molecular weight excluding hydrogens is 407 g/mol. The minimum Gasteiger partial charge on any atom is -0.331 e. The molecule has 3 aromatic rings. The van der Waals surface area contributed by atoms with Crippen LogP contribution >= 0.6 is 34.8 Å². The van der Waals surface area contributed by atoms with Gasteiger partial charge in [0.15, 0.2) is 10.5 Å². The van der Waals surface area contributed by atoms with Gasteiger partial charge in [0.2, 0.25) is 5.91 Å². The van der Waals surface area contributed by atoms with Gasteiger partial charge in [0.1, 0.15) is 12.7 Å². The summed E-state index contributed by atoms with van der Waals surface area (Å²) >= 11 is 18.6. The van der Waals surface area contributed by atoms with E-state index in [9.17, 15) is 4.79 Å². The van der Waals surface area contributed by atoms with Crippen LogP contribution in [0.3, 0.4) is 0 Å². The topological polar surface area (TPSA) is 59.8 Å². The molecule has 0 saturated carbocycles. The molecule has 1 N–H and O–H groups in total. The third kappa shape index (κ3) is 4.61. The number of halogens is 3. The number of hydrogen-bond acceptors (Lipinski definition) is 3. The molecular formula is C19H17Cl3N4O. The fourth-order valence-corrected chi connectivity index (χ4v) is 3.25. The molecule has 140 valence electrons. The maximum absolute atomic E-state index is 13.3. The summed E-state index contributed by atoms with van der Waals surface area (Å²) in [7, 11) is 0. The number of benzene rings is 2. The largest absolute Gasteiger partial charge is 0.331 e. The molecule has 0 radical (unpaired) electrons. The van der Waals surface area contributed by atoms with Gasteiger partial charge in [-0.15, -0.1) is 11.6 Å². The summed E-state index contributed by atoms with van der Waals surface area (Å²) in [5, 5.41) is 6.93. The molecule has 2 aromatic carbocycles. The molecule has 1 amide bonds. The van der Waals surface area contributed by atoms with Crippen LogP contribution in [-0.2, 0) is 4.79 Å². The number of carbonyl (C=O) groups is 1. The van der Waals surface area contributed by atoms with Gasteiger partial charge in [0.25, 0.3) is 0 Å². The highest BCUT2D eigenvalue weighted by Crippen LogP contribution is 2.34. The lowest BCUT2D eigenvalue weighted by molar-refractivity contribution is -0.123. The number of amides is 1. The molecule has 0 saturated heterocycles. The summed E-state index contributed by atoms with van der Waals surface area (Å²) in [6.07, 6.45) is 1.88. The van der Waals surface area contributed by atoms with E-state index >= 15 is 0 Å². The summed E-state index contributed by atoms with van der Waals surface area (Å²) in [4.78, 5) is 17.2. The first kappa shape index (κ1) is 19.7. The Bertz CT molecular complexity index is 818. The van der Waals surface area contributed by atoms with Crippen LogP contribution in [0.2, 0.25) is 0 Å². The van der Waals surface area contributed by atoms with Crippen LogP contribution in [-0.4, -0.2) is 30.9 Å². The van der Waals surface area contributed by atoms with E-state index in [4.69, 9.17) is 34.8 Å². The van der Waals surface area contributed by atoms with E-state index in [0.717, 1.165) is 11.1 Å². The number of hydrogen-bond donors (Lipinski definition) is 1. The Hall–Kier alpha value is -2.08. The summed E-state index contributed by atoms with van der Waals surface area (Å²) in [5.74, 6) is -0.927. The first-order valence-electron chi connectivity index (χ1n) is 8.21. The molecule has 1 heterocycles. The highest BCUT2D eigenvalue weighted by atomic mass is 35.5. The molecule has 5 nitrogen and oxygen atoms in total. The second kappa shape index (κ2) is 8.74. The third-order valence-electron chi connectivity index (χ3n) is 4.09. The van der Waals surface area contributed by atoms with E-state index in [1.54, 1.807) is 0 Å². The lowest BCUT2D eigenvalue weighted by Gasteiger charge is -2.30. The fourth-order valence-electron chi connectivity index (χ4n) is 2.79. The van der Waals surface area contributed by atoms with Crippen molar-refractivity contribution in [2.75, 3.05) is 5.88 Å². The second-order valence-corrected chi connectivity index (χ2v) is 7.75. The molecule has 1 unspecified atom stereocenters. The zero-order valence-corrected chi connectivity index (χ0v) is 16.4. The second-order valence-electron chi connectivity index (χ2n) is 5.94. The van der Waals surface area contributed by atoms with Gasteiger partial charge in [-0.2, -0.15) is 5.10 Å². The lowest BCUT2D eigenvalue weighted by atomic mass is 9.90. The Morgan fingerprint density at radius 1 is 1.04 bits per heavy atom. The number of alkyl halides is 3. The molecule has 8 heteroatoms. The highest BCUT2D eigenvalue weighted by Gasteiger charge is 2.39. The molecule has 0 fully saturated rings. The van der Waals surface area contributed by atoms with Crippen LogP contribution in [0.15, 0.2) is 73.3 Å². The van der Waals surface area contributed by atoms with Gasteiger partial charge < -0.3 is 5.32 Å². The van der Waals surface area contributed by atoms with Gasteiger partial charge in [-0.25, -0.2) is 9.67 Å². The number of carbonyl (C=O) groups excluding carboxylic acids is 1. The first-order valence-corrected chi connectivity index (χ1v) is 9.50. The first-order chi connectivity index (χ1) is 13.0. The van der Waals surface area contributed by atoms with Crippen LogP contribution in [0.25, 0.3) is 0 Å². The fraction of sp³-hybridized carbons (Fsp3) is 0.211. The predicted molar refractivity (Wildman–Crippen MR) is 107 cm³/mol. The lowest BCUT2D eigenvalue weighted by Crippen LogP contribution is -2.46. The standard InChI is InChI=1S/C19H17Cl3N4O/c20-11-19(21,22)18(26-13-23-12-24-26)25-17(27)16(14-7-3-1-4-8-14)15-9-5-2-6-10-15/h1-10,12-13,16,18H,11H2,(H,25,27). The zero-order chi connectivity index (χ0) is 19.3. The van der Waals surface area contributed by atoms with Gasteiger partial charge in [-0.3, -0.25) is 4.79 Å². The molecule has 1 aromatic heterocycles. The van der Waals surface area contributed by atoms with E-state index in [1.165, 1.54) is 17.3 Å². The Morgan fingerprint density at radius 3 is 2.04 bits per heavy atom. The average molecular weight is 424 g/mol. The van der Waals surface area contributed by atoms with Gasteiger partial charge in [0.05, 0.1) is 11.8 Å². The molecule has 0 aliphatic rings. The normalized spacial score (nSPS) is 12.7. The zero-order valence-electron chi connectivity index (χ0n) is 14.2. The Kier molecular flexibility index (Phi) is 6.37. The predicted octanol–water partition coefficient (Wildman–Crippen LogP) is 4.14. The van der Waals surface area contributed by atoms with Crippen molar-refractivity contribution < 1.29 is 4.79 Å². The minimum atomic E-state index is -1.47. The van der Waals surface area contributed by atoms with E-state index in [2.05, 4.69) is 15.4 Å². The maximum Gasteiger partial charge on any atom is 0.233 e. The average Bonchev–Trinajstić information content (AvgIpc) is 3.22. The van der Waals surface area contributed by atoms with Crippen molar-refractivity contribution >= 4 is 40.7 Å². The van der Waals surface area contributed by atoms with Gasteiger partial charge in [0, 0.05) is 0 Å². The monoisotopic (exact) mass is 422 g/mol. The molecule has 0 aliphatic carbocycles. The molecule has 3 rings (SSSR count). The van der Waals surface area contributed by atoms with Crippen molar-refractivity contribution in [3.8, 4) is 0 Å². The number of aromatic nitrogens is 3. The quantitative estimate of drug-likeness (QED) is 0.581. The smallest absolute Gasteiger partial charge is 0.233 e. The third-order valence-corrected chi connectivity index (χ3v) is 5.46. The van der Waals surface area contributed by atoms with Crippen LogP contribution in [0.1, 0.15) is 23.2 Å². The van der Waals surface area contributed by atoms with E-state index in [-0.39, 0.29) is 11.8 Å². The molecule has 0 bridgehead atoms. The van der Waals surface area contributed by atoms with Gasteiger partial charge in [-0.1, -0.05) is 83.9 Å². The minimum absolute atomic E-state index is 0.109. The van der Waals surface area contributed by atoms with Crippen molar-refractivity contribution in [3.63, 3.8) is 0 Å². The molecule has 0 aliphatic heterocycles. The maximum atomic E-state index is 13.3. The number of nitrogens with one attached hydrogen (secondary N) is 1. The summed E-state index contributed by atoms with van der Waals surface area (Å²) in [6.45, 7) is 0. The Balaban J connectivity index is 1.96. The van der Waals surface area contributed by atoms with E-state index in [0.29, 0.717) is 0 Å². The number of rotatable bonds is 7. The van der Waals surface area contributed by atoms with Crippen molar-refractivity contribution in [3.05, 3.63) is 84.4 Å². The molecule has 27 heavy (non-hydrogen) atoms. The van der Waals surface area contributed by atoms with Crippen LogP contribution < -0.4 is 5.32 Å². The summed E-state index contributed by atoms with van der Waals surface area (Å²) in [5.41, 5.74) is 1.69. The van der Waals surface area contributed by atoms with Crippen LogP contribution in [0.5, 0.6) is 0 Å². The molecule has 1 atom stereocenters. The van der Waals surface area contributed by atoms with Crippen LogP contribution in [0, 0.1) is 0 Å². The summed E-state index contributed by atoms with van der Waals surface area (Å²) < 4.78 is -0.0871. The van der Waals surface area contributed by atoms with Gasteiger partial charge in [-0.05, 0) is 11.1 Å². The Labute approximate surface area is 172 Å². The van der Waals surface area contributed by atoms with Crippen molar-refractivity contribution in [1.82, 2.24) is 20.1 Å². The van der Waals surface area contributed by atoms with Gasteiger partial charge >= 0.3 is 0 Å².